The SMILES string of the molecule is CC(C)(CCl)C(=O)N1CCC2(CC1)NC(=O)c1cc(Cl)ccc1N2. The largest absolute Gasteiger partial charge is 0.362 e. The Labute approximate surface area is 151 Å². The van der Waals surface area contributed by atoms with Gasteiger partial charge in [-0.3, -0.25) is 9.59 Å². The van der Waals surface area contributed by atoms with Crippen LogP contribution in [0.2, 0.25) is 5.02 Å². The van der Waals surface area contributed by atoms with Crippen LogP contribution in [0.4, 0.5) is 5.69 Å². The number of hydrogen-bond acceptors (Lipinski definition) is 3. The molecule has 2 aliphatic rings. The van der Waals surface area contributed by atoms with E-state index in [0.717, 1.165) is 5.69 Å². The molecule has 0 aliphatic carbocycles. The summed E-state index contributed by atoms with van der Waals surface area (Å²) in [5, 5.41) is 7.01. The molecule has 1 saturated heterocycles. The lowest BCUT2D eigenvalue weighted by molar-refractivity contribution is -0.140. The minimum atomic E-state index is -0.571. The molecule has 24 heavy (non-hydrogen) atoms. The topological polar surface area (TPSA) is 61.4 Å². The number of likely N-dealkylation sites (tertiary alicyclic amines) is 1. The van der Waals surface area contributed by atoms with Crippen LogP contribution in [-0.4, -0.2) is 41.3 Å². The summed E-state index contributed by atoms with van der Waals surface area (Å²) in [4.78, 5) is 26.8. The number of amides is 2. The van der Waals surface area contributed by atoms with Crippen LogP contribution in [0.15, 0.2) is 18.2 Å². The van der Waals surface area contributed by atoms with Crippen LogP contribution in [0.1, 0.15) is 37.0 Å². The van der Waals surface area contributed by atoms with Crippen molar-refractivity contribution in [2.45, 2.75) is 32.4 Å². The molecule has 0 radical (unpaired) electrons. The molecule has 1 fully saturated rings. The number of nitrogens with one attached hydrogen (secondary N) is 2. The summed E-state index contributed by atoms with van der Waals surface area (Å²) >= 11 is 11.9. The molecule has 130 valence electrons. The maximum atomic E-state index is 12.5. The highest BCUT2D eigenvalue weighted by molar-refractivity contribution is 6.31. The van der Waals surface area contributed by atoms with Crippen molar-refractivity contribution < 1.29 is 9.59 Å². The van der Waals surface area contributed by atoms with Gasteiger partial charge in [0.05, 0.1) is 11.0 Å². The Morgan fingerprint density at radius 2 is 1.96 bits per heavy atom. The Morgan fingerprint density at radius 3 is 2.58 bits per heavy atom. The molecule has 7 heteroatoms. The summed E-state index contributed by atoms with van der Waals surface area (Å²) < 4.78 is 0. The zero-order chi connectivity index (χ0) is 17.5. The number of anilines is 1. The van der Waals surface area contributed by atoms with Crippen LogP contribution >= 0.6 is 23.2 Å². The third-order valence-corrected chi connectivity index (χ3v) is 5.67. The van der Waals surface area contributed by atoms with Crippen LogP contribution in [0.5, 0.6) is 0 Å². The lowest BCUT2D eigenvalue weighted by Gasteiger charge is -2.46. The van der Waals surface area contributed by atoms with E-state index in [-0.39, 0.29) is 17.7 Å². The highest BCUT2D eigenvalue weighted by Crippen LogP contribution is 2.33. The normalized spacial score (nSPS) is 19.5. The summed E-state index contributed by atoms with van der Waals surface area (Å²) in [6.45, 7) is 4.87. The second kappa shape index (κ2) is 6.12. The van der Waals surface area contributed by atoms with E-state index in [9.17, 15) is 9.59 Å². The first-order valence-corrected chi connectivity index (χ1v) is 8.93. The molecular weight excluding hydrogens is 349 g/mol. The fourth-order valence-corrected chi connectivity index (χ4v) is 3.50. The van der Waals surface area contributed by atoms with Gasteiger partial charge < -0.3 is 15.5 Å². The van der Waals surface area contributed by atoms with E-state index in [1.165, 1.54) is 0 Å². The molecular formula is C17H21Cl2N3O2. The monoisotopic (exact) mass is 369 g/mol. The molecule has 0 saturated carbocycles. The molecule has 2 N–H and O–H groups in total. The maximum Gasteiger partial charge on any atom is 0.255 e. The number of nitrogens with zero attached hydrogens (tertiary/aromatic N) is 1. The van der Waals surface area contributed by atoms with Crippen LogP contribution in [0.3, 0.4) is 0 Å². The molecule has 1 spiro atoms. The number of hydrogen-bond donors (Lipinski definition) is 2. The molecule has 0 bridgehead atoms. The van der Waals surface area contributed by atoms with Crippen LogP contribution < -0.4 is 10.6 Å². The Morgan fingerprint density at radius 1 is 1.29 bits per heavy atom. The second-order valence-corrected chi connectivity index (χ2v) is 7.86. The van der Waals surface area contributed by atoms with Gasteiger partial charge in [-0.05, 0) is 32.0 Å². The molecule has 0 unspecified atom stereocenters. The van der Waals surface area contributed by atoms with Gasteiger partial charge in [-0.2, -0.15) is 0 Å². The van der Waals surface area contributed by atoms with Gasteiger partial charge in [0, 0.05) is 42.5 Å². The summed E-state index contributed by atoms with van der Waals surface area (Å²) in [5.74, 6) is 0.213. The standard InChI is InChI=1S/C17H21Cl2N3O2/c1-16(2,10-18)15(24)22-7-5-17(6-8-22)20-13-4-3-11(19)9-12(13)14(23)21-17/h3-4,9,20H,5-8,10H2,1-2H3,(H,21,23). The summed E-state index contributed by atoms with van der Waals surface area (Å²) in [5.41, 5.74) is 0.247. The van der Waals surface area contributed by atoms with Gasteiger partial charge >= 0.3 is 0 Å². The van der Waals surface area contributed by atoms with E-state index in [0.29, 0.717) is 36.5 Å². The average Bonchev–Trinajstić information content (AvgIpc) is 2.56. The number of halogens is 2. The first kappa shape index (κ1) is 17.4. The molecule has 3 rings (SSSR count). The Balaban J connectivity index is 1.74. The molecule has 2 aliphatic heterocycles. The predicted octanol–water partition coefficient (Wildman–Crippen LogP) is 3.08. The highest BCUT2D eigenvalue weighted by Gasteiger charge is 2.42. The fourth-order valence-electron chi connectivity index (χ4n) is 3.21. The van der Waals surface area contributed by atoms with Crippen LogP contribution in [0, 0.1) is 5.41 Å². The number of rotatable bonds is 2. The van der Waals surface area contributed by atoms with Gasteiger partial charge in [0.1, 0.15) is 5.66 Å². The first-order valence-electron chi connectivity index (χ1n) is 8.02. The van der Waals surface area contributed by atoms with E-state index in [4.69, 9.17) is 23.2 Å². The smallest absolute Gasteiger partial charge is 0.255 e. The minimum Gasteiger partial charge on any atom is -0.362 e. The van der Waals surface area contributed by atoms with Crippen molar-refractivity contribution in [1.29, 1.82) is 0 Å². The zero-order valence-corrected chi connectivity index (χ0v) is 15.3. The number of carbonyl (C=O) groups is 2. The number of alkyl halides is 1. The number of fused-ring (bicyclic) bond motifs is 1. The van der Waals surface area contributed by atoms with Crippen molar-refractivity contribution in [3.8, 4) is 0 Å². The summed E-state index contributed by atoms with van der Waals surface area (Å²) in [7, 11) is 0. The molecule has 5 nitrogen and oxygen atoms in total. The molecule has 0 atom stereocenters. The lowest BCUT2D eigenvalue weighted by atomic mass is 9.89. The quantitative estimate of drug-likeness (QED) is 0.787. The third kappa shape index (κ3) is 3.07. The molecule has 0 aromatic heterocycles. The minimum absolute atomic E-state index is 0.0571. The van der Waals surface area contributed by atoms with E-state index in [1.807, 2.05) is 24.8 Å². The van der Waals surface area contributed by atoms with Crippen LogP contribution in [-0.2, 0) is 4.79 Å². The lowest BCUT2D eigenvalue weighted by Crippen LogP contribution is -2.63. The van der Waals surface area contributed by atoms with Gasteiger partial charge in [-0.25, -0.2) is 0 Å². The van der Waals surface area contributed by atoms with E-state index in [1.54, 1.807) is 12.1 Å². The van der Waals surface area contributed by atoms with Crippen molar-refractivity contribution >= 4 is 40.7 Å². The maximum absolute atomic E-state index is 12.5. The van der Waals surface area contributed by atoms with Crippen molar-refractivity contribution in [3.63, 3.8) is 0 Å². The van der Waals surface area contributed by atoms with E-state index >= 15 is 0 Å². The Hall–Kier alpha value is -1.46. The van der Waals surface area contributed by atoms with Crippen LogP contribution in [0.25, 0.3) is 0 Å². The molecule has 2 amide bonds. The fraction of sp³-hybridized carbons (Fsp3) is 0.529. The van der Waals surface area contributed by atoms with Gasteiger partial charge in [0.15, 0.2) is 0 Å². The Kier molecular flexibility index (Phi) is 4.43. The second-order valence-electron chi connectivity index (χ2n) is 7.16. The molecule has 2 heterocycles. The third-order valence-electron chi connectivity index (χ3n) is 4.77. The average molecular weight is 370 g/mol. The van der Waals surface area contributed by atoms with Crippen molar-refractivity contribution in [2.75, 3.05) is 24.3 Å². The summed E-state index contributed by atoms with van der Waals surface area (Å²) in [6.07, 6.45) is 1.29. The number of piperidine rings is 1. The van der Waals surface area contributed by atoms with Gasteiger partial charge in [0.2, 0.25) is 5.91 Å². The number of benzene rings is 1. The van der Waals surface area contributed by atoms with Gasteiger partial charge in [-0.15, -0.1) is 11.6 Å². The Bertz CT molecular complexity index is 682. The predicted molar refractivity (Wildman–Crippen MR) is 95.6 cm³/mol. The number of carbonyl (C=O) groups excluding carboxylic acids is 2. The molecule has 1 aromatic rings. The van der Waals surface area contributed by atoms with Crippen molar-refractivity contribution in [2.24, 2.45) is 5.41 Å². The zero-order valence-electron chi connectivity index (χ0n) is 13.8. The summed E-state index contributed by atoms with van der Waals surface area (Å²) in [6, 6.07) is 5.25. The van der Waals surface area contributed by atoms with E-state index in [2.05, 4.69) is 10.6 Å². The van der Waals surface area contributed by atoms with E-state index < -0.39 is 11.1 Å². The first-order chi connectivity index (χ1) is 11.3. The van der Waals surface area contributed by atoms with Crippen molar-refractivity contribution in [1.82, 2.24) is 10.2 Å². The van der Waals surface area contributed by atoms with Crippen molar-refractivity contribution in [3.05, 3.63) is 28.8 Å². The highest BCUT2D eigenvalue weighted by atomic mass is 35.5. The van der Waals surface area contributed by atoms with Gasteiger partial charge in [-0.1, -0.05) is 11.6 Å². The molecule has 1 aromatic carbocycles. The van der Waals surface area contributed by atoms with Gasteiger partial charge in [0.25, 0.3) is 5.91 Å².